The minimum absolute atomic E-state index is 0.0554. The highest BCUT2D eigenvalue weighted by Crippen LogP contribution is 2.23. The molecule has 0 spiro atoms. The summed E-state index contributed by atoms with van der Waals surface area (Å²) in [5, 5.41) is 8.61. The molecule has 1 saturated heterocycles. The average Bonchev–Trinajstić information content (AvgIpc) is 3.25. The highest BCUT2D eigenvalue weighted by molar-refractivity contribution is 5.80. The van der Waals surface area contributed by atoms with Crippen molar-refractivity contribution < 1.29 is 4.79 Å². The Morgan fingerprint density at radius 1 is 1.31 bits per heavy atom. The number of hydrogen-bond donors (Lipinski definition) is 0. The minimum atomic E-state index is -0.220. The molecule has 2 aromatic heterocycles. The molecule has 3 rings (SSSR count). The second kappa shape index (κ2) is 7.88. The lowest BCUT2D eigenvalue weighted by atomic mass is 9.92. The van der Waals surface area contributed by atoms with E-state index in [2.05, 4.69) is 10.2 Å². The molecule has 1 atom stereocenters. The lowest BCUT2D eigenvalue weighted by Gasteiger charge is -2.34. The molecule has 8 heteroatoms. The lowest BCUT2D eigenvalue weighted by molar-refractivity contribution is -0.136. The molecule has 1 aliphatic heterocycles. The van der Waals surface area contributed by atoms with Gasteiger partial charge in [-0.15, -0.1) is 0 Å². The maximum Gasteiger partial charge on any atom is 0.345 e. The second-order valence-corrected chi connectivity index (χ2v) is 6.95. The smallest absolute Gasteiger partial charge is 0.341 e. The van der Waals surface area contributed by atoms with Crippen molar-refractivity contribution in [3.63, 3.8) is 0 Å². The van der Waals surface area contributed by atoms with Crippen LogP contribution in [0.25, 0.3) is 0 Å². The van der Waals surface area contributed by atoms with Crippen LogP contribution in [0.2, 0.25) is 0 Å². The number of hydrogen-bond acceptors (Lipinski definition) is 4. The summed E-state index contributed by atoms with van der Waals surface area (Å²) in [6.07, 6.45) is 6.97. The maximum absolute atomic E-state index is 12.8. The molecule has 26 heavy (non-hydrogen) atoms. The van der Waals surface area contributed by atoms with Crippen molar-refractivity contribution in [2.45, 2.75) is 52.1 Å². The fourth-order valence-corrected chi connectivity index (χ4v) is 3.79. The van der Waals surface area contributed by atoms with Gasteiger partial charge in [0.15, 0.2) is 0 Å². The normalized spacial score (nSPS) is 16.8. The van der Waals surface area contributed by atoms with Crippen molar-refractivity contribution in [3.8, 4) is 0 Å². The first-order valence-electron chi connectivity index (χ1n) is 9.45. The highest BCUT2D eigenvalue weighted by Gasteiger charge is 2.29. The highest BCUT2D eigenvalue weighted by atomic mass is 16.2. The van der Waals surface area contributed by atoms with Crippen LogP contribution in [0.4, 0.5) is 0 Å². The van der Waals surface area contributed by atoms with Gasteiger partial charge >= 0.3 is 5.69 Å². The summed E-state index contributed by atoms with van der Waals surface area (Å²) < 4.78 is 4.90. The predicted octanol–water partition coefficient (Wildman–Crippen LogP) is 1.23. The van der Waals surface area contributed by atoms with Crippen LogP contribution in [0.3, 0.4) is 0 Å². The molecule has 3 heterocycles. The summed E-state index contributed by atoms with van der Waals surface area (Å²) in [5.41, 5.74) is -0.0554. The summed E-state index contributed by atoms with van der Waals surface area (Å²) in [6, 6.07) is 1.63. The summed E-state index contributed by atoms with van der Waals surface area (Å²) in [7, 11) is 1.69. The standard InChI is InChI=1S/C18H28N6O2/c1-4-15(24-10-6-9-19-24)17(25)22-11-7-14(8-12-22)13-16-20-21(3)18(26)23(16)5-2/h6,9-10,14-15H,4-5,7-8,11-13H2,1-3H3/t15-/m0/s1. The first-order chi connectivity index (χ1) is 12.5. The van der Waals surface area contributed by atoms with Crippen LogP contribution in [0.5, 0.6) is 0 Å². The van der Waals surface area contributed by atoms with E-state index >= 15 is 0 Å². The number of likely N-dealkylation sites (tertiary alicyclic amines) is 1. The summed E-state index contributed by atoms with van der Waals surface area (Å²) >= 11 is 0. The molecule has 1 fully saturated rings. The third-order valence-corrected chi connectivity index (χ3v) is 5.31. The number of aromatic nitrogens is 5. The van der Waals surface area contributed by atoms with Gasteiger partial charge in [-0.2, -0.15) is 10.2 Å². The monoisotopic (exact) mass is 360 g/mol. The first kappa shape index (κ1) is 18.4. The van der Waals surface area contributed by atoms with E-state index in [9.17, 15) is 9.59 Å². The number of nitrogens with zero attached hydrogens (tertiary/aromatic N) is 6. The molecular formula is C18H28N6O2. The van der Waals surface area contributed by atoms with Gasteiger partial charge in [0, 0.05) is 45.5 Å². The Kier molecular flexibility index (Phi) is 5.58. The fourth-order valence-electron chi connectivity index (χ4n) is 3.79. The minimum Gasteiger partial charge on any atom is -0.341 e. The van der Waals surface area contributed by atoms with Crippen molar-refractivity contribution in [1.29, 1.82) is 0 Å². The van der Waals surface area contributed by atoms with E-state index in [-0.39, 0.29) is 17.6 Å². The molecule has 2 aromatic rings. The van der Waals surface area contributed by atoms with Gasteiger partial charge in [-0.1, -0.05) is 6.92 Å². The van der Waals surface area contributed by atoms with Crippen LogP contribution < -0.4 is 5.69 Å². The molecule has 0 aromatic carbocycles. The molecule has 0 saturated carbocycles. The van der Waals surface area contributed by atoms with Crippen LogP contribution in [-0.2, 0) is 24.8 Å². The Morgan fingerprint density at radius 3 is 2.62 bits per heavy atom. The van der Waals surface area contributed by atoms with Crippen LogP contribution >= 0.6 is 0 Å². The molecule has 1 amide bonds. The molecule has 0 radical (unpaired) electrons. The molecule has 0 aliphatic carbocycles. The number of amides is 1. The summed E-state index contributed by atoms with van der Waals surface area (Å²) in [4.78, 5) is 26.8. The quantitative estimate of drug-likeness (QED) is 0.776. The number of piperidine rings is 1. The molecule has 142 valence electrons. The molecular weight excluding hydrogens is 332 g/mol. The van der Waals surface area contributed by atoms with Crippen molar-refractivity contribution >= 4 is 5.91 Å². The maximum atomic E-state index is 12.8. The molecule has 1 aliphatic rings. The Labute approximate surface area is 153 Å². The van der Waals surface area contributed by atoms with E-state index in [1.165, 1.54) is 4.68 Å². The van der Waals surface area contributed by atoms with Gasteiger partial charge in [0.2, 0.25) is 5.91 Å². The van der Waals surface area contributed by atoms with Crippen LogP contribution in [0.1, 0.15) is 45.0 Å². The lowest BCUT2D eigenvalue weighted by Crippen LogP contribution is -2.43. The predicted molar refractivity (Wildman–Crippen MR) is 97.7 cm³/mol. The van der Waals surface area contributed by atoms with Crippen molar-refractivity contribution in [2.24, 2.45) is 13.0 Å². The first-order valence-corrected chi connectivity index (χ1v) is 9.45. The number of rotatable bonds is 6. The van der Waals surface area contributed by atoms with E-state index in [4.69, 9.17) is 0 Å². The van der Waals surface area contributed by atoms with Crippen molar-refractivity contribution in [1.82, 2.24) is 29.0 Å². The zero-order valence-corrected chi connectivity index (χ0v) is 15.8. The molecule has 0 N–H and O–H groups in total. The fraction of sp³-hybridized carbons (Fsp3) is 0.667. The van der Waals surface area contributed by atoms with Gasteiger partial charge in [-0.25, -0.2) is 9.48 Å². The largest absolute Gasteiger partial charge is 0.345 e. The molecule has 0 bridgehead atoms. The Hall–Kier alpha value is -2.38. The Balaban J connectivity index is 1.60. The van der Waals surface area contributed by atoms with E-state index in [1.807, 2.05) is 31.0 Å². The van der Waals surface area contributed by atoms with E-state index in [0.717, 1.165) is 44.6 Å². The number of carbonyl (C=O) groups is 1. The Morgan fingerprint density at radius 2 is 2.04 bits per heavy atom. The number of aryl methyl sites for hydroxylation is 1. The zero-order valence-electron chi connectivity index (χ0n) is 15.8. The van der Waals surface area contributed by atoms with Gasteiger partial charge in [-0.05, 0) is 38.2 Å². The number of carbonyl (C=O) groups excluding carboxylic acids is 1. The molecule has 8 nitrogen and oxygen atoms in total. The van der Waals surface area contributed by atoms with Crippen LogP contribution in [-0.4, -0.2) is 48.0 Å². The van der Waals surface area contributed by atoms with Gasteiger partial charge in [0.05, 0.1) is 0 Å². The van der Waals surface area contributed by atoms with Crippen molar-refractivity contribution in [3.05, 3.63) is 34.8 Å². The third-order valence-electron chi connectivity index (χ3n) is 5.31. The summed E-state index contributed by atoms with van der Waals surface area (Å²) in [5.74, 6) is 1.46. The van der Waals surface area contributed by atoms with Crippen LogP contribution in [0.15, 0.2) is 23.3 Å². The third kappa shape index (κ3) is 3.59. The van der Waals surface area contributed by atoms with Crippen LogP contribution in [0, 0.1) is 5.92 Å². The average molecular weight is 360 g/mol. The van der Waals surface area contributed by atoms with E-state index in [1.54, 1.807) is 22.5 Å². The zero-order chi connectivity index (χ0) is 18.7. The van der Waals surface area contributed by atoms with E-state index in [0.29, 0.717) is 12.5 Å². The van der Waals surface area contributed by atoms with Gasteiger partial charge < -0.3 is 4.90 Å². The SMILES string of the molecule is CC[C@@H](C(=O)N1CCC(Cc2nn(C)c(=O)n2CC)CC1)n1cccn1. The second-order valence-electron chi connectivity index (χ2n) is 6.95. The Bertz CT molecular complexity index is 783. The summed E-state index contributed by atoms with van der Waals surface area (Å²) in [6.45, 7) is 6.13. The van der Waals surface area contributed by atoms with Gasteiger partial charge in [-0.3, -0.25) is 14.0 Å². The van der Waals surface area contributed by atoms with Gasteiger partial charge in [0.1, 0.15) is 11.9 Å². The van der Waals surface area contributed by atoms with Gasteiger partial charge in [0.25, 0.3) is 0 Å². The topological polar surface area (TPSA) is 78.0 Å². The van der Waals surface area contributed by atoms with E-state index < -0.39 is 0 Å². The molecule has 0 unspecified atom stereocenters. The van der Waals surface area contributed by atoms with Crippen molar-refractivity contribution in [2.75, 3.05) is 13.1 Å².